The number of quaternary nitrogens is 1. The third kappa shape index (κ3) is 2.89. The summed E-state index contributed by atoms with van der Waals surface area (Å²) < 4.78 is 0. The van der Waals surface area contributed by atoms with Crippen molar-refractivity contribution in [2.45, 2.75) is 57.6 Å². The number of fused-ring (bicyclic) bond motifs is 1. The second kappa shape index (κ2) is 6.59. The van der Waals surface area contributed by atoms with Crippen LogP contribution in [-0.2, 0) is 0 Å². The predicted molar refractivity (Wildman–Crippen MR) is 91.1 cm³/mol. The SMILES string of the molecule is CCN(CC)c1ccc([C@H]2[NH2+]CC[C@@]3(O)CCCC[C@H]23)cc1. The summed E-state index contributed by atoms with van der Waals surface area (Å²) in [4.78, 5) is 2.38. The standard InChI is InChI=1S/C19H30N2O/c1-3-21(4-2)16-10-8-15(9-11-16)18-17-7-5-6-12-19(17,22)13-14-20-18/h8-11,17-18,20,22H,3-7,12-14H2,1-2H3/p+1/t17-,18-,19+/m1/s1. The first kappa shape index (κ1) is 15.8. The molecule has 1 aromatic rings. The molecular weight excluding hydrogens is 272 g/mol. The molecule has 2 fully saturated rings. The van der Waals surface area contributed by atoms with Crippen LogP contribution in [0.15, 0.2) is 24.3 Å². The normalized spacial score (nSPS) is 31.6. The van der Waals surface area contributed by atoms with Gasteiger partial charge >= 0.3 is 0 Å². The maximum Gasteiger partial charge on any atom is 0.117 e. The average molecular weight is 303 g/mol. The van der Waals surface area contributed by atoms with Crippen LogP contribution in [-0.4, -0.2) is 30.3 Å². The van der Waals surface area contributed by atoms with Crippen molar-refractivity contribution in [3.63, 3.8) is 0 Å². The van der Waals surface area contributed by atoms with Crippen molar-refractivity contribution in [2.75, 3.05) is 24.5 Å². The largest absolute Gasteiger partial charge is 0.389 e. The molecule has 0 bridgehead atoms. The van der Waals surface area contributed by atoms with Crippen LogP contribution >= 0.6 is 0 Å². The molecular formula is C19H31N2O+. The van der Waals surface area contributed by atoms with E-state index in [2.05, 4.69) is 48.3 Å². The monoisotopic (exact) mass is 303 g/mol. The zero-order valence-electron chi connectivity index (χ0n) is 14.1. The quantitative estimate of drug-likeness (QED) is 0.897. The fourth-order valence-electron chi connectivity index (χ4n) is 4.62. The summed E-state index contributed by atoms with van der Waals surface area (Å²) in [6.07, 6.45) is 5.61. The summed E-state index contributed by atoms with van der Waals surface area (Å²) in [5, 5.41) is 13.5. The first-order valence-electron chi connectivity index (χ1n) is 9.08. The Morgan fingerprint density at radius 2 is 1.86 bits per heavy atom. The van der Waals surface area contributed by atoms with E-state index < -0.39 is 5.60 Å². The summed E-state index contributed by atoms with van der Waals surface area (Å²) in [7, 11) is 0. The number of aliphatic hydroxyl groups is 1. The minimum absolute atomic E-state index is 0.408. The Hall–Kier alpha value is -1.06. The van der Waals surface area contributed by atoms with Gasteiger partial charge < -0.3 is 15.3 Å². The van der Waals surface area contributed by atoms with E-state index in [-0.39, 0.29) is 0 Å². The summed E-state index contributed by atoms with van der Waals surface area (Å²) in [5.41, 5.74) is 2.29. The lowest BCUT2D eigenvalue weighted by molar-refractivity contribution is -0.719. The maximum absolute atomic E-state index is 11.0. The summed E-state index contributed by atoms with van der Waals surface area (Å²) >= 11 is 0. The van der Waals surface area contributed by atoms with Gasteiger partial charge in [-0.25, -0.2) is 0 Å². The molecule has 22 heavy (non-hydrogen) atoms. The van der Waals surface area contributed by atoms with Gasteiger partial charge in [0.1, 0.15) is 6.04 Å². The molecule has 2 aliphatic rings. The van der Waals surface area contributed by atoms with Crippen LogP contribution < -0.4 is 10.2 Å². The molecule has 3 atom stereocenters. The van der Waals surface area contributed by atoms with Gasteiger partial charge in [0.25, 0.3) is 0 Å². The van der Waals surface area contributed by atoms with E-state index in [1.54, 1.807) is 0 Å². The Morgan fingerprint density at radius 3 is 2.55 bits per heavy atom. The van der Waals surface area contributed by atoms with Crippen molar-refractivity contribution < 1.29 is 10.4 Å². The van der Waals surface area contributed by atoms with Crippen LogP contribution in [0.25, 0.3) is 0 Å². The van der Waals surface area contributed by atoms with Gasteiger partial charge in [-0.05, 0) is 38.8 Å². The zero-order valence-corrected chi connectivity index (χ0v) is 14.1. The van der Waals surface area contributed by atoms with Gasteiger partial charge in [0, 0.05) is 36.7 Å². The molecule has 1 aliphatic carbocycles. The van der Waals surface area contributed by atoms with Crippen molar-refractivity contribution in [1.29, 1.82) is 0 Å². The minimum Gasteiger partial charge on any atom is -0.389 e. The fraction of sp³-hybridized carbons (Fsp3) is 0.684. The molecule has 0 aromatic heterocycles. The topological polar surface area (TPSA) is 40.1 Å². The molecule has 122 valence electrons. The average Bonchev–Trinajstić information content (AvgIpc) is 2.55. The Kier molecular flexibility index (Phi) is 4.74. The van der Waals surface area contributed by atoms with E-state index in [1.807, 2.05) is 0 Å². The Bertz CT molecular complexity index is 479. The molecule has 0 amide bonds. The van der Waals surface area contributed by atoms with E-state index in [1.165, 1.54) is 30.5 Å². The molecule has 3 N–H and O–H groups in total. The number of anilines is 1. The van der Waals surface area contributed by atoms with E-state index >= 15 is 0 Å². The van der Waals surface area contributed by atoms with Crippen LogP contribution in [0.3, 0.4) is 0 Å². The molecule has 0 unspecified atom stereocenters. The second-order valence-corrected chi connectivity index (χ2v) is 7.02. The van der Waals surface area contributed by atoms with Gasteiger partial charge in [0.2, 0.25) is 0 Å². The van der Waals surface area contributed by atoms with Crippen LogP contribution in [0.5, 0.6) is 0 Å². The number of hydrogen-bond donors (Lipinski definition) is 2. The third-order valence-corrected chi connectivity index (χ3v) is 5.90. The molecule has 1 heterocycles. The summed E-state index contributed by atoms with van der Waals surface area (Å²) in [6.45, 7) is 7.56. The van der Waals surface area contributed by atoms with Gasteiger partial charge in [-0.15, -0.1) is 0 Å². The zero-order chi connectivity index (χ0) is 15.6. The number of piperidine rings is 1. The van der Waals surface area contributed by atoms with Crippen LogP contribution in [0.1, 0.15) is 57.6 Å². The molecule has 0 spiro atoms. The fourth-order valence-corrected chi connectivity index (χ4v) is 4.62. The van der Waals surface area contributed by atoms with Gasteiger partial charge in [-0.3, -0.25) is 0 Å². The smallest absolute Gasteiger partial charge is 0.117 e. The number of nitrogens with zero attached hydrogens (tertiary/aromatic N) is 1. The van der Waals surface area contributed by atoms with Crippen molar-refractivity contribution in [3.05, 3.63) is 29.8 Å². The highest BCUT2D eigenvalue weighted by Gasteiger charge is 2.48. The van der Waals surface area contributed by atoms with E-state index in [9.17, 15) is 5.11 Å². The Labute approximate surface area is 134 Å². The number of nitrogens with two attached hydrogens (primary N) is 1. The molecule has 1 aliphatic heterocycles. The highest BCUT2D eigenvalue weighted by atomic mass is 16.3. The number of rotatable bonds is 4. The molecule has 3 heteroatoms. The lowest BCUT2D eigenvalue weighted by atomic mass is 9.67. The molecule has 1 aromatic carbocycles. The van der Waals surface area contributed by atoms with E-state index in [0.717, 1.165) is 32.5 Å². The number of benzene rings is 1. The van der Waals surface area contributed by atoms with E-state index in [4.69, 9.17) is 0 Å². The molecule has 3 nitrogen and oxygen atoms in total. The van der Waals surface area contributed by atoms with Crippen molar-refractivity contribution in [1.82, 2.24) is 0 Å². The van der Waals surface area contributed by atoms with Crippen LogP contribution in [0.2, 0.25) is 0 Å². The molecule has 0 radical (unpaired) electrons. The van der Waals surface area contributed by atoms with E-state index in [0.29, 0.717) is 12.0 Å². The Morgan fingerprint density at radius 1 is 1.14 bits per heavy atom. The van der Waals surface area contributed by atoms with Crippen molar-refractivity contribution in [3.8, 4) is 0 Å². The lowest BCUT2D eigenvalue weighted by Gasteiger charge is -2.46. The van der Waals surface area contributed by atoms with Gasteiger partial charge in [-0.1, -0.05) is 25.0 Å². The second-order valence-electron chi connectivity index (χ2n) is 7.02. The maximum atomic E-state index is 11.0. The molecule has 1 saturated heterocycles. The van der Waals surface area contributed by atoms with Crippen molar-refractivity contribution in [2.24, 2.45) is 5.92 Å². The minimum atomic E-state index is -0.408. The number of hydrogen-bond acceptors (Lipinski definition) is 2. The molecule has 1 saturated carbocycles. The first-order chi connectivity index (χ1) is 10.7. The van der Waals surface area contributed by atoms with Gasteiger partial charge in [0.05, 0.1) is 12.1 Å². The molecule has 3 rings (SSSR count). The summed E-state index contributed by atoms with van der Waals surface area (Å²) in [5.74, 6) is 0.425. The van der Waals surface area contributed by atoms with Gasteiger partial charge in [0.15, 0.2) is 0 Å². The van der Waals surface area contributed by atoms with Crippen LogP contribution in [0.4, 0.5) is 5.69 Å². The third-order valence-electron chi connectivity index (χ3n) is 5.90. The first-order valence-corrected chi connectivity index (χ1v) is 9.08. The van der Waals surface area contributed by atoms with Crippen molar-refractivity contribution >= 4 is 5.69 Å². The summed E-state index contributed by atoms with van der Waals surface area (Å²) in [6, 6.07) is 9.52. The van der Waals surface area contributed by atoms with Crippen LogP contribution in [0, 0.1) is 5.92 Å². The Balaban J connectivity index is 1.80. The highest BCUT2D eigenvalue weighted by molar-refractivity contribution is 5.47. The lowest BCUT2D eigenvalue weighted by Crippen LogP contribution is -2.91. The highest BCUT2D eigenvalue weighted by Crippen LogP contribution is 2.43. The van der Waals surface area contributed by atoms with Gasteiger partial charge in [-0.2, -0.15) is 0 Å². The predicted octanol–water partition coefficient (Wildman–Crippen LogP) is 2.46.